The first-order chi connectivity index (χ1) is 20.7. The summed E-state index contributed by atoms with van der Waals surface area (Å²) in [6.07, 6.45) is 8.17. The number of fused-ring (bicyclic) bond motifs is 2. The third-order valence-electron chi connectivity index (χ3n) is 7.50. The summed E-state index contributed by atoms with van der Waals surface area (Å²) < 4.78 is 42.8. The van der Waals surface area contributed by atoms with Crippen LogP contribution in [0, 0.1) is 30.9 Å². The fraction of sp³-hybridized carbons (Fsp3) is 0.355. The Balaban J connectivity index is 0.00000118. The molecule has 0 unspecified atom stereocenters. The number of hydrogen-bond acceptors (Lipinski definition) is 9. The number of aromatic nitrogens is 3. The number of carbonyl (C=O) groups is 1. The van der Waals surface area contributed by atoms with Crippen LogP contribution >= 0.6 is 0 Å². The van der Waals surface area contributed by atoms with Crippen LogP contribution in [0.3, 0.4) is 0 Å². The lowest BCUT2D eigenvalue weighted by molar-refractivity contribution is -0.122. The lowest BCUT2D eigenvalue weighted by Gasteiger charge is -2.32. The second-order valence-corrected chi connectivity index (χ2v) is 10.4. The third-order valence-corrected chi connectivity index (χ3v) is 7.50. The summed E-state index contributed by atoms with van der Waals surface area (Å²) in [5, 5.41) is 28.8. The van der Waals surface area contributed by atoms with Gasteiger partial charge in [-0.15, -0.1) is 6.42 Å². The van der Waals surface area contributed by atoms with E-state index in [0.29, 0.717) is 48.4 Å². The van der Waals surface area contributed by atoms with Crippen LogP contribution in [0.5, 0.6) is 11.8 Å². The highest BCUT2D eigenvalue weighted by atomic mass is 19.1. The van der Waals surface area contributed by atoms with Crippen molar-refractivity contribution in [3.63, 3.8) is 0 Å². The van der Waals surface area contributed by atoms with Gasteiger partial charge in [-0.2, -0.15) is 9.97 Å². The molecule has 0 radical (unpaired) electrons. The molecule has 224 valence electrons. The predicted molar refractivity (Wildman–Crippen MR) is 155 cm³/mol. The van der Waals surface area contributed by atoms with E-state index in [1.165, 1.54) is 24.3 Å². The summed E-state index contributed by atoms with van der Waals surface area (Å²) in [5.74, 6) is 1.19. The van der Waals surface area contributed by atoms with Crippen LogP contribution < -0.4 is 9.64 Å². The number of piperidine rings is 1. The molecule has 6 rings (SSSR count). The Hall–Kier alpha value is -4.60. The van der Waals surface area contributed by atoms with Crippen LogP contribution in [0.2, 0.25) is 0 Å². The molecule has 43 heavy (non-hydrogen) atoms. The number of phenols is 1. The van der Waals surface area contributed by atoms with Crippen molar-refractivity contribution < 1.29 is 38.4 Å². The van der Waals surface area contributed by atoms with Crippen LogP contribution in [0.25, 0.3) is 32.9 Å². The first-order valence-corrected chi connectivity index (χ1v) is 13.8. The fourth-order valence-corrected chi connectivity index (χ4v) is 5.62. The molecule has 2 aliphatic heterocycles. The normalized spacial score (nSPS) is 18.3. The molecular formula is C31H30F2N4O6. The zero-order chi connectivity index (χ0) is 30.7. The van der Waals surface area contributed by atoms with E-state index in [1.54, 1.807) is 6.92 Å². The molecule has 2 saturated heterocycles. The average Bonchev–Trinajstić information content (AvgIpc) is 3.51. The zero-order valence-corrected chi connectivity index (χ0v) is 23.4. The van der Waals surface area contributed by atoms with Gasteiger partial charge in [0.1, 0.15) is 35.2 Å². The highest BCUT2D eigenvalue weighted by Gasteiger charge is 2.28. The van der Waals surface area contributed by atoms with Gasteiger partial charge in [-0.25, -0.2) is 13.8 Å². The molecule has 4 heterocycles. The van der Waals surface area contributed by atoms with Crippen LogP contribution in [0.4, 0.5) is 14.6 Å². The number of halogens is 2. The highest BCUT2D eigenvalue weighted by molar-refractivity contribution is 6.03. The second-order valence-electron chi connectivity index (χ2n) is 10.4. The van der Waals surface area contributed by atoms with Gasteiger partial charge in [0.15, 0.2) is 5.82 Å². The number of rotatable bonds is 5. The van der Waals surface area contributed by atoms with Crippen LogP contribution in [0.15, 0.2) is 24.3 Å². The Morgan fingerprint density at radius 3 is 2.67 bits per heavy atom. The number of aliphatic hydroxyl groups is 1. The van der Waals surface area contributed by atoms with Gasteiger partial charge in [-0.05, 0) is 56.2 Å². The van der Waals surface area contributed by atoms with Gasteiger partial charge < -0.3 is 29.7 Å². The minimum Gasteiger partial charge on any atom is -0.508 e. The molecule has 2 fully saturated rings. The molecule has 4 aromatic rings. The SMILES string of the molecule is C#Cc1c(F)ccc2cc(O)cc(-c3nc(C)c4c(N5CCC[C@@H](O)C5)nc(OC[C@H]5CCCO5)nc4c3F)c12.O=CO. The number of hydrogen-bond donors (Lipinski definition) is 3. The molecule has 3 N–H and O–H groups in total. The lowest BCUT2D eigenvalue weighted by Crippen LogP contribution is -2.39. The van der Waals surface area contributed by atoms with Gasteiger partial charge in [0.2, 0.25) is 0 Å². The molecule has 2 aliphatic rings. The maximum Gasteiger partial charge on any atom is 0.319 e. The fourth-order valence-electron chi connectivity index (χ4n) is 5.62. The molecule has 2 aromatic carbocycles. The summed E-state index contributed by atoms with van der Waals surface area (Å²) in [7, 11) is 0. The number of aromatic hydroxyl groups is 1. The molecule has 0 saturated carbocycles. The van der Waals surface area contributed by atoms with Crippen molar-refractivity contribution in [2.75, 3.05) is 31.2 Å². The number of phenolic OH excluding ortho intramolecular Hbond substituents is 1. The number of benzene rings is 2. The van der Waals surface area contributed by atoms with Crippen LogP contribution in [-0.4, -0.2) is 75.3 Å². The summed E-state index contributed by atoms with van der Waals surface area (Å²) in [5.41, 5.74) is 0.326. The van der Waals surface area contributed by atoms with Crippen molar-refractivity contribution in [3.8, 4) is 35.4 Å². The smallest absolute Gasteiger partial charge is 0.319 e. The van der Waals surface area contributed by atoms with Crippen molar-refractivity contribution in [2.24, 2.45) is 0 Å². The molecule has 0 amide bonds. The topological polar surface area (TPSA) is 138 Å². The van der Waals surface area contributed by atoms with E-state index in [-0.39, 0.29) is 58.7 Å². The quantitative estimate of drug-likeness (QED) is 0.227. The number of nitrogens with zero attached hydrogens (tertiary/aromatic N) is 4. The monoisotopic (exact) mass is 592 g/mol. The number of β-amino-alcohol motifs (C(OH)–C–C–N with tert-alkyl or cyclic N) is 1. The Bertz CT molecular complexity index is 1720. The minimum atomic E-state index is -0.789. The first-order valence-electron chi connectivity index (χ1n) is 13.8. The van der Waals surface area contributed by atoms with E-state index in [2.05, 4.69) is 20.9 Å². The Labute approximate surface area is 245 Å². The number of aliphatic hydroxyl groups excluding tert-OH is 1. The number of terminal acetylenes is 1. The number of anilines is 1. The summed E-state index contributed by atoms with van der Waals surface area (Å²) in [6.45, 7) is 3.26. The van der Waals surface area contributed by atoms with Gasteiger partial charge in [-0.3, -0.25) is 4.79 Å². The zero-order valence-electron chi connectivity index (χ0n) is 23.4. The average molecular weight is 593 g/mol. The second kappa shape index (κ2) is 12.7. The van der Waals surface area contributed by atoms with Gasteiger partial charge in [0.05, 0.1) is 28.9 Å². The Morgan fingerprint density at radius 1 is 1.19 bits per heavy atom. The van der Waals surface area contributed by atoms with Crippen molar-refractivity contribution in [2.45, 2.75) is 44.8 Å². The molecule has 0 spiro atoms. The summed E-state index contributed by atoms with van der Waals surface area (Å²) >= 11 is 0. The minimum absolute atomic E-state index is 0.0235. The van der Waals surface area contributed by atoms with Crippen LogP contribution in [0.1, 0.15) is 36.9 Å². The summed E-state index contributed by atoms with van der Waals surface area (Å²) in [6, 6.07) is 5.41. The van der Waals surface area contributed by atoms with E-state index >= 15 is 4.39 Å². The van der Waals surface area contributed by atoms with Crippen molar-refractivity contribution in [1.29, 1.82) is 0 Å². The van der Waals surface area contributed by atoms with Gasteiger partial charge in [-0.1, -0.05) is 12.0 Å². The van der Waals surface area contributed by atoms with Crippen molar-refractivity contribution in [1.82, 2.24) is 15.0 Å². The molecule has 12 heteroatoms. The molecule has 0 aliphatic carbocycles. The van der Waals surface area contributed by atoms with E-state index in [9.17, 15) is 14.6 Å². The molecule has 10 nitrogen and oxygen atoms in total. The molecule has 0 bridgehead atoms. The summed E-state index contributed by atoms with van der Waals surface area (Å²) in [4.78, 5) is 23.9. The maximum atomic E-state index is 16.5. The van der Waals surface area contributed by atoms with Crippen molar-refractivity contribution >= 4 is 34.0 Å². The number of carboxylic acid groups (broad SMARTS) is 1. The predicted octanol–water partition coefficient (Wildman–Crippen LogP) is 4.34. The maximum absolute atomic E-state index is 16.5. The van der Waals surface area contributed by atoms with Gasteiger partial charge >= 0.3 is 6.01 Å². The number of aryl methyl sites for hydroxylation is 1. The van der Waals surface area contributed by atoms with Gasteiger partial charge in [0, 0.05) is 30.6 Å². The Kier molecular flexibility index (Phi) is 8.84. The van der Waals surface area contributed by atoms with Crippen molar-refractivity contribution in [3.05, 3.63) is 47.2 Å². The van der Waals surface area contributed by atoms with E-state index in [0.717, 1.165) is 19.3 Å². The first kappa shape index (κ1) is 29.9. The molecular weight excluding hydrogens is 562 g/mol. The van der Waals surface area contributed by atoms with Gasteiger partial charge in [0.25, 0.3) is 6.47 Å². The van der Waals surface area contributed by atoms with E-state index in [1.807, 2.05) is 4.90 Å². The molecule has 2 atom stereocenters. The number of pyridine rings is 1. The lowest BCUT2D eigenvalue weighted by atomic mass is 9.95. The largest absolute Gasteiger partial charge is 0.508 e. The number of ether oxygens (including phenoxy) is 2. The van der Waals surface area contributed by atoms with E-state index < -0.39 is 17.7 Å². The third kappa shape index (κ3) is 6.00. The standard InChI is InChI=1S/C30H28F2N4O4.CH2O2/c1-3-21-23(31)9-8-17-12-19(38)13-22(25(17)21)27-26(32)28-24(16(2)33-27)29(36-10-4-6-18(37)14-36)35-30(34-28)40-15-20-7-5-11-39-20;2-1-3/h1,8-9,12-13,18,20,37-38H,4-7,10-11,14-15H2,2H3;1H,(H,2,3)/t18-,20-;/m1./s1. The van der Waals surface area contributed by atoms with Crippen LogP contribution in [-0.2, 0) is 9.53 Å². The van der Waals surface area contributed by atoms with E-state index in [4.69, 9.17) is 25.8 Å². The Morgan fingerprint density at radius 2 is 1.98 bits per heavy atom. The highest BCUT2D eigenvalue weighted by Crippen LogP contribution is 2.40. The molecule has 2 aromatic heterocycles.